The molecule has 1 atom stereocenters. The lowest BCUT2D eigenvalue weighted by Gasteiger charge is -2.14. The highest BCUT2D eigenvalue weighted by Crippen LogP contribution is 2.15. The normalized spacial score (nSPS) is 12.1. The number of nitrogens with zero attached hydrogens (tertiary/aromatic N) is 1. The van der Waals surface area contributed by atoms with E-state index < -0.39 is 10.3 Å². The van der Waals surface area contributed by atoms with Crippen molar-refractivity contribution in [3.63, 3.8) is 0 Å². The molecule has 0 aliphatic rings. The zero-order valence-corrected chi connectivity index (χ0v) is 7.30. The number of non-ortho nitro benzene ring substituents is 1. The summed E-state index contributed by atoms with van der Waals surface area (Å²) in [6, 6.07) is 5.10. The fourth-order valence-electron chi connectivity index (χ4n) is 0.774. The molecule has 1 rings (SSSR count). The zero-order valence-electron chi connectivity index (χ0n) is 7.30. The van der Waals surface area contributed by atoms with Crippen LogP contribution < -0.4 is 10.2 Å². The molecule has 0 bridgehead atoms. The fraction of sp³-hybridized carbons (Fsp3) is 0.143. The van der Waals surface area contributed by atoms with Crippen molar-refractivity contribution in [1.82, 2.24) is 0 Å². The van der Waals surface area contributed by atoms with Gasteiger partial charge in [0.25, 0.3) is 5.69 Å². The van der Waals surface area contributed by atoms with Crippen LogP contribution in [0.1, 0.15) is 0 Å². The molecule has 7 heteroatoms. The Morgan fingerprint density at radius 3 is 2.36 bits per heavy atom. The maximum atomic E-state index is 10.6. The third-order valence-electron chi connectivity index (χ3n) is 1.42. The summed E-state index contributed by atoms with van der Waals surface area (Å²) in [5, 5.41) is 20.0. The van der Waals surface area contributed by atoms with Gasteiger partial charge in [0.2, 0.25) is 0 Å². The van der Waals surface area contributed by atoms with Crippen LogP contribution in [0.3, 0.4) is 0 Å². The monoisotopic (exact) mass is 200 g/mol. The van der Waals surface area contributed by atoms with E-state index in [1.54, 1.807) is 0 Å². The van der Waals surface area contributed by atoms with Crippen LogP contribution in [0, 0.1) is 15.3 Å². The minimum atomic E-state index is -0.862. The van der Waals surface area contributed by atoms with E-state index in [4.69, 9.17) is 0 Å². The van der Waals surface area contributed by atoms with E-state index >= 15 is 0 Å². The summed E-state index contributed by atoms with van der Waals surface area (Å²) in [4.78, 5) is 18.6. The summed E-state index contributed by atoms with van der Waals surface area (Å²) in [5.74, 6) is 0.197. The molecule has 0 aliphatic heterocycles. The van der Waals surface area contributed by atoms with Crippen LogP contribution in [-0.4, -0.2) is 12.0 Å². The van der Waals surface area contributed by atoms with Crippen molar-refractivity contribution in [1.29, 1.82) is 0 Å². The van der Waals surface area contributed by atoms with Gasteiger partial charge in [-0.25, -0.2) is 0 Å². The van der Waals surface area contributed by atoms with E-state index in [2.05, 4.69) is 9.68 Å². The van der Waals surface area contributed by atoms with Crippen molar-refractivity contribution in [2.24, 2.45) is 0 Å². The minimum absolute atomic E-state index is 0.0674. The lowest BCUT2D eigenvalue weighted by molar-refractivity contribution is -1.18. The number of hydrogen-bond acceptors (Lipinski definition) is 5. The summed E-state index contributed by atoms with van der Waals surface area (Å²) in [7, 11) is 1.17. The summed E-state index contributed by atoms with van der Waals surface area (Å²) in [5.41, 5.74) is -0.0674. The molecule has 76 valence electrons. The Bertz CT molecular complexity index is 312. The number of nitro benzene ring substituents is 1. The van der Waals surface area contributed by atoms with Crippen molar-refractivity contribution in [3.05, 3.63) is 39.6 Å². The number of nitro groups is 1. The zero-order chi connectivity index (χ0) is 10.6. The van der Waals surface area contributed by atoms with Gasteiger partial charge in [-0.2, -0.15) is 4.84 Å². The van der Waals surface area contributed by atoms with Crippen molar-refractivity contribution < 1.29 is 20.0 Å². The van der Waals surface area contributed by atoms with Gasteiger partial charge in [-0.1, -0.05) is 0 Å². The predicted molar refractivity (Wildman–Crippen MR) is 45.1 cm³/mol. The summed E-state index contributed by atoms with van der Waals surface area (Å²) < 4.78 is 0. The molecule has 0 saturated carbocycles. The average Bonchev–Trinajstić information content (AvgIpc) is 2.18. The standard InChI is InChI=1S/C7H8N2O5/c1-13-9(12)14-7-4-2-6(3-5-7)8(10)11/h2-5,9H,1H3. The first-order valence-corrected chi connectivity index (χ1v) is 3.63. The van der Waals surface area contributed by atoms with Gasteiger partial charge < -0.3 is 5.21 Å². The molecule has 0 radical (unpaired) electrons. The van der Waals surface area contributed by atoms with Crippen LogP contribution in [0.15, 0.2) is 24.3 Å². The van der Waals surface area contributed by atoms with Gasteiger partial charge in [-0.05, 0) is 17.5 Å². The SMILES string of the molecule is CO[NH+]([O-])Oc1ccc([N+](=O)[O-])cc1. The van der Waals surface area contributed by atoms with Gasteiger partial charge >= 0.3 is 0 Å². The summed E-state index contributed by atoms with van der Waals surface area (Å²) in [6.45, 7) is 0. The lowest BCUT2D eigenvalue weighted by atomic mass is 10.3. The van der Waals surface area contributed by atoms with Crippen molar-refractivity contribution in [2.75, 3.05) is 7.11 Å². The van der Waals surface area contributed by atoms with E-state index in [0.717, 1.165) is 0 Å². The van der Waals surface area contributed by atoms with Gasteiger partial charge in [0.05, 0.1) is 4.92 Å². The first kappa shape index (κ1) is 10.4. The second kappa shape index (κ2) is 4.51. The Hall–Kier alpha value is -1.70. The number of rotatable bonds is 4. The van der Waals surface area contributed by atoms with E-state index in [1.807, 2.05) is 0 Å². The van der Waals surface area contributed by atoms with Crippen LogP contribution >= 0.6 is 0 Å². The maximum Gasteiger partial charge on any atom is 0.269 e. The quantitative estimate of drug-likeness (QED) is 0.538. The van der Waals surface area contributed by atoms with Gasteiger partial charge in [-0.15, -0.1) is 0 Å². The maximum absolute atomic E-state index is 10.6. The average molecular weight is 200 g/mol. The Morgan fingerprint density at radius 1 is 1.36 bits per heavy atom. The molecule has 0 amide bonds. The first-order chi connectivity index (χ1) is 6.63. The highest BCUT2D eigenvalue weighted by atomic mass is 17.1. The first-order valence-electron chi connectivity index (χ1n) is 3.63. The van der Waals surface area contributed by atoms with Gasteiger partial charge in [-0.3, -0.25) is 15.0 Å². The number of benzene rings is 1. The highest BCUT2D eigenvalue weighted by molar-refractivity contribution is 5.35. The largest absolute Gasteiger partial charge is 0.556 e. The number of hydrogen-bond donors (Lipinski definition) is 1. The molecular formula is C7H8N2O5. The number of nitrogens with one attached hydrogen (secondary N) is 1. The van der Waals surface area contributed by atoms with Crippen LogP contribution in [0.25, 0.3) is 0 Å². The second-order valence-electron chi connectivity index (χ2n) is 2.31. The Labute approximate surface area is 79.1 Å². The van der Waals surface area contributed by atoms with E-state index in [1.165, 1.54) is 31.4 Å². The van der Waals surface area contributed by atoms with Gasteiger partial charge in [0.15, 0.2) is 5.75 Å². The summed E-state index contributed by atoms with van der Waals surface area (Å²) in [6.07, 6.45) is 0. The molecular weight excluding hydrogens is 192 g/mol. The molecule has 1 aromatic rings. The Balaban J connectivity index is 2.68. The van der Waals surface area contributed by atoms with Gasteiger partial charge in [0, 0.05) is 12.1 Å². The van der Waals surface area contributed by atoms with Crippen LogP contribution in [-0.2, 0) is 4.84 Å². The van der Waals surface area contributed by atoms with E-state index in [9.17, 15) is 15.3 Å². The van der Waals surface area contributed by atoms with Crippen LogP contribution in [0.4, 0.5) is 5.69 Å². The molecule has 0 fully saturated rings. The molecule has 0 heterocycles. The Morgan fingerprint density at radius 2 is 1.93 bits per heavy atom. The molecule has 1 unspecified atom stereocenters. The molecule has 1 aromatic carbocycles. The van der Waals surface area contributed by atoms with Crippen molar-refractivity contribution >= 4 is 5.69 Å². The second-order valence-corrected chi connectivity index (χ2v) is 2.31. The van der Waals surface area contributed by atoms with Crippen LogP contribution in [0.2, 0.25) is 0 Å². The highest BCUT2D eigenvalue weighted by Gasteiger charge is 2.06. The number of quaternary nitrogens is 1. The predicted octanol–water partition coefficient (Wildman–Crippen LogP) is -0.167. The molecule has 0 saturated heterocycles. The van der Waals surface area contributed by atoms with Crippen molar-refractivity contribution in [3.8, 4) is 5.75 Å². The topological polar surface area (TPSA) is 89.1 Å². The molecule has 0 aliphatic carbocycles. The van der Waals surface area contributed by atoms with E-state index in [-0.39, 0.29) is 11.4 Å². The molecule has 7 nitrogen and oxygen atoms in total. The lowest BCUT2D eigenvalue weighted by Crippen LogP contribution is -3.07. The molecule has 14 heavy (non-hydrogen) atoms. The smallest absolute Gasteiger partial charge is 0.269 e. The molecule has 1 N–H and O–H groups in total. The summed E-state index contributed by atoms with van der Waals surface area (Å²) >= 11 is 0. The molecule has 0 spiro atoms. The van der Waals surface area contributed by atoms with Crippen LogP contribution in [0.5, 0.6) is 5.75 Å². The van der Waals surface area contributed by atoms with Crippen molar-refractivity contribution in [2.45, 2.75) is 0 Å². The van der Waals surface area contributed by atoms with Gasteiger partial charge in [0.1, 0.15) is 7.11 Å². The minimum Gasteiger partial charge on any atom is -0.556 e. The van der Waals surface area contributed by atoms with E-state index in [0.29, 0.717) is 0 Å². The third kappa shape index (κ3) is 2.66. The Kier molecular flexibility index (Phi) is 3.35. The molecule has 0 aromatic heterocycles. The fourth-order valence-corrected chi connectivity index (χ4v) is 0.774. The third-order valence-corrected chi connectivity index (χ3v) is 1.42.